The standard InChI is InChI=1S/C15H24N2O2/c1-6-11(3)17(12(4)7-2)15(19)13-8-9-16(5)14(18)10-13/h8-12H,6-7H2,1-5H3/t11-,12+. The molecule has 1 aromatic heterocycles. The fraction of sp³-hybridized carbons (Fsp3) is 0.600. The van der Waals surface area contributed by atoms with Crippen LogP contribution in [0, 0.1) is 0 Å². The van der Waals surface area contributed by atoms with Gasteiger partial charge in [0.2, 0.25) is 0 Å². The maximum absolute atomic E-state index is 12.6. The van der Waals surface area contributed by atoms with E-state index >= 15 is 0 Å². The minimum atomic E-state index is -0.154. The number of carbonyl (C=O) groups excluding carboxylic acids is 1. The van der Waals surface area contributed by atoms with Crippen molar-refractivity contribution in [3.63, 3.8) is 0 Å². The number of carbonyl (C=O) groups is 1. The summed E-state index contributed by atoms with van der Waals surface area (Å²) in [4.78, 5) is 26.1. The Hall–Kier alpha value is -1.58. The Labute approximate surface area is 115 Å². The molecule has 1 heterocycles. The van der Waals surface area contributed by atoms with Gasteiger partial charge in [-0.2, -0.15) is 0 Å². The second-order valence-corrected chi connectivity index (χ2v) is 5.09. The fourth-order valence-corrected chi connectivity index (χ4v) is 2.06. The molecule has 4 nitrogen and oxygen atoms in total. The van der Waals surface area contributed by atoms with Gasteiger partial charge in [0.15, 0.2) is 0 Å². The monoisotopic (exact) mass is 264 g/mol. The van der Waals surface area contributed by atoms with Gasteiger partial charge in [-0.3, -0.25) is 9.59 Å². The molecule has 0 spiro atoms. The van der Waals surface area contributed by atoms with E-state index in [0.717, 1.165) is 12.8 Å². The van der Waals surface area contributed by atoms with Crippen molar-refractivity contribution < 1.29 is 4.79 Å². The molecule has 0 aromatic carbocycles. The van der Waals surface area contributed by atoms with Crippen molar-refractivity contribution in [2.45, 2.75) is 52.6 Å². The second-order valence-electron chi connectivity index (χ2n) is 5.09. The maximum atomic E-state index is 12.6. The van der Waals surface area contributed by atoms with Crippen LogP contribution in [0.5, 0.6) is 0 Å². The highest BCUT2D eigenvalue weighted by Crippen LogP contribution is 2.15. The van der Waals surface area contributed by atoms with Gasteiger partial charge < -0.3 is 9.47 Å². The number of aryl methyl sites for hydroxylation is 1. The molecule has 2 atom stereocenters. The lowest BCUT2D eigenvalue weighted by Gasteiger charge is -2.34. The summed E-state index contributed by atoms with van der Waals surface area (Å²) in [5, 5.41) is 0. The summed E-state index contributed by atoms with van der Waals surface area (Å²) < 4.78 is 1.47. The molecular formula is C15H24N2O2. The number of amides is 1. The highest BCUT2D eigenvalue weighted by molar-refractivity contribution is 5.94. The fourth-order valence-electron chi connectivity index (χ4n) is 2.06. The van der Waals surface area contributed by atoms with Crippen LogP contribution in [-0.2, 0) is 7.05 Å². The Morgan fingerprint density at radius 3 is 2.21 bits per heavy atom. The van der Waals surface area contributed by atoms with E-state index in [2.05, 4.69) is 13.8 Å². The topological polar surface area (TPSA) is 42.3 Å². The highest BCUT2D eigenvalue weighted by Gasteiger charge is 2.24. The van der Waals surface area contributed by atoms with Gasteiger partial charge in [-0.25, -0.2) is 0 Å². The average Bonchev–Trinajstić information content (AvgIpc) is 2.41. The van der Waals surface area contributed by atoms with Crippen LogP contribution in [0.2, 0.25) is 0 Å². The van der Waals surface area contributed by atoms with E-state index in [0.29, 0.717) is 5.56 Å². The molecule has 0 saturated heterocycles. The van der Waals surface area contributed by atoms with Crippen molar-refractivity contribution in [2.75, 3.05) is 0 Å². The van der Waals surface area contributed by atoms with Crippen LogP contribution < -0.4 is 5.56 Å². The van der Waals surface area contributed by atoms with E-state index in [-0.39, 0.29) is 23.6 Å². The Balaban J connectivity index is 3.11. The Bertz CT molecular complexity index is 483. The zero-order valence-corrected chi connectivity index (χ0v) is 12.5. The van der Waals surface area contributed by atoms with Crippen molar-refractivity contribution in [3.05, 3.63) is 34.2 Å². The van der Waals surface area contributed by atoms with Gasteiger partial charge in [0, 0.05) is 37.0 Å². The van der Waals surface area contributed by atoms with Crippen LogP contribution in [-0.4, -0.2) is 27.5 Å². The summed E-state index contributed by atoms with van der Waals surface area (Å²) in [6.45, 7) is 8.23. The molecule has 0 aliphatic carbocycles. The van der Waals surface area contributed by atoms with E-state index in [1.807, 2.05) is 18.7 Å². The van der Waals surface area contributed by atoms with Gasteiger partial charge in [-0.15, -0.1) is 0 Å². The minimum Gasteiger partial charge on any atom is -0.333 e. The summed E-state index contributed by atoms with van der Waals surface area (Å²) in [5.41, 5.74) is 0.322. The molecule has 0 saturated carbocycles. The number of hydrogen-bond acceptors (Lipinski definition) is 2. The first kappa shape index (κ1) is 15.5. The first-order valence-electron chi connectivity index (χ1n) is 6.91. The van der Waals surface area contributed by atoms with Gasteiger partial charge in [0.1, 0.15) is 0 Å². The van der Waals surface area contributed by atoms with Crippen molar-refractivity contribution >= 4 is 5.91 Å². The van der Waals surface area contributed by atoms with E-state index in [9.17, 15) is 9.59 Å². The van der Waals surface area contributed by atoms with Gasteiger partial charge in [-0.05, 0) is 32.8 Å². The van der Waals surface area contributed by atoms with E-state index in [1.54, 1.807) is 19.3 Å². The van der Waals surface area contributed by atoms with E-state index in [4.69, 9.17) is 0 Å². The molecule has 0 fully saturated rings. The van der Waals surface area contributed by atoms with Crippen molar-refractivity contribution in [2.24, 2.45) is 7.05 Å². The molecule has 1 aromatic rings. The molecule has 106 valence electrons. The van der Waals surface area contributed by atoms with Crippen LogP contribution in [0.1, 0.15) is 50.9 Å². The molecule has 0 radical (unpaired) electrons. The molecule has 0 unspecified atom stereocenters. The number of hydrogen-bond donors (Lipinski definition) is 0. The molecule has 0 N–H and O–H groups in total. The average molecular weight is 264 g/mol. The number of aromatic nitrogens is 1. The first-order valence-corrected chi connectivity index (χ1v) is 6.91. The van der Waals surface area contributed by atoms with Gasteiger partial charge >= 0.3 is 0 Å². The molecule has 0 aliphatic rings. The highest BCUT2D eigenvalue weighted by atomic mass is 16.2. The predicted molar refractivity (Wildman–Crippen MR) is 77.4 cm³/mol. The third-order valence-electron chi connectivity index (χ3n) is 3.72. The van der Waals surface area contributed by atoms with E-state index in [1.165, 1.54) is 10.6 Å². The van der Waals surface area contributed by atoms with Crippen LogP contribution in [0.3, 0.4) is 0 Å². The lowest BCUT2D eigenvalue weighted by molar-refractivity contribution is 0.0598. The molecule has 4 heteroatoms. The van der Waals surface area contributed by atoms with Crippen LogP contribution in [0.4, 0.5) is 0 Å². The molecule has 0 bridgehead atoms. The maximum Gasteiger partial charge on any atom is 0.254 e. The van der Waals surface area contributed by atoms with Crippen molar-refractivity contribution in [1.29, 1.82) is 0 Å². The molecule has 0 aliphatic heterocycles. The Morgan fingerprint density at radius 2 is 1.79 bits per heavy atom. The van der Waals surface area contributed by atoms with Gasteiger partial charge in [0.25, 0.3) is 11.5 Å². The quantitative estimate of drug-likeness (QED) is 0.819. The zero-order chi connectivity index (χ0) is 14.6. The number of pyridine rings is 1. The van der Waals surface area contributed by atoms with Crippen LogP contribution in [0.15, 0.2) is 23.1 Å². The third-order valence-corrected chi connectivity index (χ3v) is 3.72. The van der Waals surface area contributed by atoms with Crippen LogP contribution in [0.25, 0.3) is 0 Å². The number of nitrogens with zero attached hydrogens (tertiary/aromatic N) is 2. The van der Waals surface area contributed by atoms with Crippen molar-refractivity contribution in [1.82, 2.24) is 9.47 Å². The largest absolute Gasteiger partial charge is 0.333 e. The second kappa shape index (κ2) is 6.55. The molecular weight excluding hydrogens is 240 g/mol. The Kier molecular flexibility index (Phi) is 5.33. The summed E-state index contributed by atoms with van der Waals surface area (Å²) in [7, 11) is 1.68. The van der Waals surface area contributed by atoms with Gasteiger partial charge in [0.05, 0.1) is 0 Å². The Morgan fingerprint density at radius 1 is 1.26 bits per heavy atom. The van der Waals surface area contributed by atoms with Crippen LogP contribution >= 0.6 is 0 Å². The third kappa shape index (κ3) is 3.46. The SMILES string of the molecule is CC[C@@H](C)N(C(=O)c1ccn(C)c(=O)c1)[C@@H](C)CC. The summed E-state index contributed by atoms with van der Waals surface area (Å²) >= 11 is 0. The smallest absolute Gasteiger partial charge is 0.254 e. The minimum absolute atomic E-state index is 0.0543. The molecule has 1 rings (SSSR count). The van der Waals surface area contributed by atoms with Gasteiger partial charge in [-0.1, -0.05) is 13.8 Å². The van der Waals surface area contributed by atoms with Crippen molar-refractivity contribution in [3.8, 4) is 0 Å². The molecule has 19 heavy (non-hydrogen) atoms. The number of rotatable bonds is 5. The normalized spacial score (nSPS) is 13.9. The summed E-state index contributed by atoms with van der Waals surface area (Å²) in [6, 6.07) is 3.47. The molecule has 1 amide bonds. The summed E-state index contributed by atoms with van der Waals surface area (Å²) in [5.74, 6) is -0.0543. The zero-order valence-electron chi connectivity index (χ0n) is 12.5. The lowest BCUT2D eigenvalue weighted by Crippen LogP contribution is -2.44. The summed E-state index contributed by atoms with van der Waals surface area (Å²) in [6.07, 6.45) is 3.45. The first-order chi connectivity index (χ1) is 8.92. The lowest BCUT2D eigenvalue weighted by atomic mass is 10.1. The van der Waals surface area contributed by atoms with E-state index < -0.39 is 0 Å². The predicted octanol–water partition coefficient (Wildman–Crippen LogP) is 2.42.